The van der Waals surface area contributed by atoms with E-state index in [2.05, 4.69) is 23.8 Å². The van der Waals surface area contributed by atoms with Crippen LogP contribution < -0.4 is 0 Å². The molecule has 90 valence electrons. The van der Waals surface area contributed by atoms with Crippen LogP contribution in [0.15, 0.2) is 16.8 Å². The number of aliphatic hydroxyl groups excluding tert-OH is 1. The molecule has 0 aromatic carbocycles. The molecule has 1 aliphatic rings. The van der Waals surface area contributed by atoms with E-state index >= 15 is 0 Å². The Balaban J connectivity index is 1.74. The van der Waals surface area contributed by atoms with Crippen molar-refractivity contribution in [2.24, 2.45) is 11.8 Å². The Morgan fingerprint density at radius 2 is 2.38 bits per heavy atom. The van der Waals surface area contributed by atoms with Crippen LogP contribution in [0.2, 0.25) is 0 Å². The van der Waals surface area contributed by atoms with Crippen molar-refractivity contribution in [1.82, 2.24) is 0 Å². The third kappa shape index (κ3) is 3.08. The number of rotatable bonds is 5. The van der Waals surface area contributed by atoms with E-state index in [1.165, 1.54) is 31.2 Å². The van der Waals surface area contributed by atoms with Gasteiger partial charge in [-0.3, -0.25) is 0 Å². The minimum atomic E-state index is -0.0727. The summed E-state index contributed by atoms with van der Waals surface area (Å²) in [5, 5.41) is 14.5. The largest absolute Gasteiger partial charge is 0.393 e. The molecule has 1 aromatic heterocycles. The number of hydrogen-bond donors (Lipinski definition) is 1. The summed E-state index contributed by atoms with van der Waals surface area (Å²) in [5.41, 5.74) is 1.38. The van der Waals surface area contributed by atoms with Crippen molar-refractivity contribution in [2.45, 2.75) is 51.6 Å². The maximum absolute atomic E-state index is 10.2. The number of aryl methyl sites for hydroxylation is 1. The molecule has 0 spiro atoms. The highest BCUT2D eigenvalue weighted by Crippen LogP contribution is 2.35. The zero-order valence-corrected chi connectivity index (χ0v) is 10.9. The summed E-state index contributed by atoms with van der Waals surface area (Å²) in [6, 6.07) is 2.17. The van der Waals surface area contributed by atoms with E-state index in [9.17, 15) is 5.11 Å². The fraction of sp³-hybridized carbons (Fsp3) is 0.714. The van der Waals surface area contributed by atoms with Gasteiger partial charge >= 0.3 is 0 Å². The molecule has 16 heavy (non-hydrogen) atoms. The van der Waals surface area contributed by atoms with Gasteiger partial charge in [0.1, 0.15) is 0 Å². The summed E-state index contributed by atoms with van der Waals surface area (Å²) in [7, 11) is 0. The van der Waals surface area contributed by atoms with Gasteiger partial charge in [-0.15, -0.1) is 0 Å². The minimum Gasteiger partial charge on any atom is -0.393 e. The van der Waals surface area contributed by atoms with Crippen LogP contribution in [0, 0.1) is 11.8 Å². The molecule has 2 rings (SSSR count). The first-order valence-corrected chi connectivity index (χ1v) is 7.43. The fourth-order valence-corrected chi connectivity index (χ4v) is 3.52. The standard InChI is InChI=1S/C14H22OS/c1-2-11-3-5-13(9-11)14(15)6-4-12-7-8-16-10-12/h7-8,10-11,13-15H,2-6,9H2,1H3. The lowest BCUT2D eigenvalue weighted by molar-refractivity contribution is 0.0998. The average Bonchev–Trinajstić information content (AvgIpc) is 2.96. The van der Waals surface area contributed by atoms with Crippen LogP contribution >= 0.6 is 11.3 Å². The van der Waals surface area contributed by atoms with Gasteiger partial charge in [0, 0.05) is 0 Å². The maximum atomic E-state index is 10.2. The average molecular weight is 238 g/mol. The van der Waals surface area contributed by atoms with Gasteiger partial charge in [0.25, 0.3) is 0 Å². The first-order chi connectivity index (χ1) is 7.79. The second kappa shape index (κ2) is 5.83. The number of hydrogen-bond acceptors (Lipinski definition) is 2. The Morgan fingerprint density at radius 1 is 1.50 bits per heavy atom. The van der Waals surface area contributed by atoms with Gasteiger partial charge in [0.2, 0.25) is 0 Å². The molecule has 1 aromatic rings. The Bertz CT molecular complexity index is 294. The Kier molecular flexibility index (Phi) is 4.42. The smallest absolute Gasteiger partial charge is 0.0571 e. The molecule has 2 heteroatoms. The van der Waals surface area contributed by atoms with E-state index in [0.29, 0.717) is 5.92 Å². The first kappa shape index (κ1) is 12.1. The summed E-state index contributed by atoms with van der Waals surface area (Å²) in [5.74, 6) is 1.45. The SMILES string of the molecule is CCC1CCC(C(O)CCc2ccsc2)C1. The van der Waals surface area contributed by atoms with E-state index in [4.69, 9.17) is 0 Å². The maximum Gasteiger partial charge on any atom is 0.0571 e. The van der Waals surface area contributed by atoms with Crippen molar-refractivity contribution in [3.8, 4) is 0 Å². The summed E-state index contributed by atoms with van der Waals surface area (Å²) in [6.07, 6.45) is 7.02. The summed E-state index contributed by atoms with van der Waals surface area (Å²) in [4.78, 5) is 0. The van der Waals surface area contributed by atoms with Crippen LogP contribution in [0.3, 0.4) is 0 Å². The molecule has 1 aliphatic carbocycles. The zero-order valence-electron chi connectivity index (χ0n) is 10.1. The van der Waals surface area contributed by atoms with Crippen LogP contribution in [-0.2, 0) is 6.42 Å². The Morgan fingerprint density at radius 3 is 3.00 bits per heavy atom. The van der Waals surface area contributed by atoms with E-state index in [0.717, 1.165) is 18.8 Å². The van der Waals surface area contributed by atoms with Crippen molar-refractivity contribution in [1.29, 1.82) is 0 Å². The fourth-order valence-electron chi connectivity index (χ4n) is 2.82. The third-order valence-corrected chi connectivity index (χ3v) is 4.74. The van der Waals surface area contributed by atoms with Crippen molar-refractivity contribution < 1.29 is 5.11 Å². The zero-order chi connectivity index (χ0) is 11.4. The van der Waals surface area contributed by atoms with E-state index < -0.39 is 0 Å². The van der Waals surface area contributed by atoms with Crippen LogP contribution in [0.5, 0.6) is 0 Å². The lowest BCUT2D eigenvalue weighted by Crippen LogP contribution is -2.18. The molecule has 1 fully saturated rings. The van der Waals surface area contributed by atoms with E-state index in [1.54, 1.807) is 11.3 Å². The first-order valence-electron chi connectivity index (χ1n) is 6.48. The quantitative estimate of drug-likeness (QED) is 0.825. The monoisotopic (exact) mass is 238 g/mol. The topological polar surface area (TPSA) is 20.2 Å². The van der Waals surface area contributed by atoms with Gasteiger partial charge in [-0.2, -0.15) is 11.3 Å². The van der Waals surface area contributed by atoms with Gasteiger partial charge in [0.05, 0.1) is 6.10 Å². The van der Waals surface area contributed by atoms with Crippen molar-refractivity contribution in [3.05, 3.63) is 22.4 Å². The molecule has 0 bridgehead atoms. The van der Waals surface area contributed by atoms with Gasteiger partial charge in [0.15, 0.2) is 0 Å². The predicted octanol–water partition coefficient (Wildman–Crippen LogP) is 3.87. The predicted molar refractivity (Wildman–Crippen MR) is 69.8 cm³/mol. The number of aliphatic hydroxyl groups is 1. The van der Waals surface area contributed by atoms with E-state index in [1.807, 2.05) is 0 Å². The minimum absolute atomic E-state index is 0.0727. The lowest BCUT2D eigenvalue weighted by atomic mass is 9.94. The highest BCUT2D eigenvalue weighted by atomic mass is 32.1. The third-order valence-electron chi connectivity index (χ3n) is 4.01. The molecule has 0 radical (unpaired) electrons. The normalized spacial score (nSPS) is 27.1. The van der Waals surface area contributed by atoms with Crippen LogP contribution in [-0.4, -0.2) is 11.2 Å². The van der Waals surface area contributed by atoms with Crippen molar-refractivity contribution in [3.63, 3.8) is 0 Å². The molecule has 3 atom stereocenters. The summed E-state index contributed by atoms with van der Waals surface area (Å²) >= 11 is 1.75. The molecule has 1 saturated carbocycles. The Labute approximate surface area is 103 Å². The van der Waals surface area contributed by atoms with Crippen molar-refractivity contribution >= 4 is 11.3 Å². The van der Waals surface area contributed by atoms with Crippen LogP contribution in [0.4, 0.5) is 0 Å². The highest BCUT2D eigenvalue weighted by molar-refractivity contribution is 7.07. The molecule has 0 amide bonds. The van der Waals surface area contributed by atoms with Crippen LogP contribution in [0.1, 0.15) is 44.6 Å². The Hall–Kier alpha value is -0.340. The van der Waals surface area contributed by atoms with Gasteiger partial charge < -0.3 is 5.11 Å². The molecule has 0 aliphatic heterocycles. The molecule has 1 N–H and O–H groups in total. The molecule has 0 saturated heterocycles. The molecule has 1 heterocycles. The van der Waals surface area contributed by atoms with Gasteiger partial charge in [-0.1, -0.05) is 19.8 Å². The van der Waals surface area contributed by atoms with Crippen LogP contribution in [0.25, 0.3) is 0 Å². The van der Waals surface area contributed by atoms with Crippen molar-refractivity contribution in [2.75, 3.05) is 0 Å². The summed E-state index contributed by atoms with van der Waals surface area (Å²) < 4.78 is 0. The molecular weight excluding hydrogens is 216 g/mol. The lowest BCUT2D eigenvalue weighted by Gasteiger charge is -2.17. The molecular formula is C14H22OS. The van der Waals surface area contributed by atoms with Gasteiger partial charge in [-0.05, 0) is 59.9 Å². The molecule has 1 nitrogen and oxygen atoms in total. The summed E-state index contributed by atoms with van der Waals surface area (Å²) in [6.45, 7) is 2.27. The second-order valence-corrected chi connectivity index (χ2v) is 5.87. The second-order valence-electron chi connectivity index (χ2n) is 5.09. The number of thiophene rings is 1. The van der Waals surface area contributed by atoms with E-state index in [-0.39, 0.29) is 6.10 Å². The highest BCUT2D eigenvalue weighted by Gasteiger charge is 2.28. The van der Waals surface area contributed by atoms with Gasteiger partial charge in [-0.25, -0.2) is 0 Å². The molecule has 3 unspecified atom stereocenters.